The van der Waals surface area contributed by atoms with Gasteiger partial charge in [-0.05, 0) is 43.0 Å². The van der Waals surface area contributed by atoms with Gasteiger partial charge in [-0.15, -0.1) is 0 Å². The second-order valence-corrected chi connectivity index (χ2v) is 9.35. The molecular weight excluding hydrogens is 422 g/mol. The van der Waals surface area contributed by atoms with Crippen LogP contribution in [0.2, 0.25) is 0 Å². The number of piperazine rings is 1. The number of benzene rings is 1. The molecule has 0 radical (unpaired) electrons. The zero-order valence-electron chi connectivity index (χ0n) is 21.3. The lowest BCUT2D eigenvalue weighted by Gasteiger charge is -2.34. The van der Waals surface area contributed by atoms with Crippen molar-refractivity contribution < 1.29 is 4.74 Å². The summed E-state index contributed by atoms with van der Waals surface area (Å²) in [6.45, 7) is 14.7. The molecule has 182 valence electrons. The summed E-state index contributed by atoms with van der Waals surface area (Å²) >= 11 is 0. The lowest BCUT2D eigenvalue weighted by Crippen LogP contribution is -2.46. The van der Waals surface area contributed by atoms with E-state index in [1.807, 2.05) is 0 Å². The van der Waals surface area contributed by atoms with Gasteiger partial charge in [0.2, 0.25) is 0 Å². The Hall–Kier alpha value is -2.54. The van der Waals surface area contributed by atoms with Crippen molar-refractivity contribution in [2.24, 2.45) is 0 Å². The summed E-state index contributed by atoms with van der Waals surface area (Å²) in [7, 11) is 1.78. The van der Waals surface area contributed by atoms with Crippen LogP contribution in [0.5, 0.6) is 0 Å². The highest BCUT2D eigenvalue weighted by Crippen LogP contribution is 2.21. The summed E-state index contributed by atoms with van der Waals surface area (Å²) in [6.07, 6.45) is 6.56. The van der Waals surface area contributed by atoms with E-state index in [1.165, 1.54) is 16.7 Å². The first-order valence-electron chi connectivity index (χ1n) is 12.6. The Labute approximate surface area is 204 Å². The fraction of sp³-hybridized carbons (Fsp3) is 0.500. The molecule has 3 aromatic rings. The minimum Gasteiger partial charge on any atom is -0.385 e. The number of hydrogen-bond acceptors (Lipinski definition) is 5. The standard InChI is InChI=1S/C28H39N5O/c1-5-26-30-27-22(2)20-23(3)29-28(27)33(26)21-25-11-9-24(10-12-25)8-6-13-31-15-17-32(18-16-31)14-7-19-34-4/h6,8-12,20H,5,7,13-19,21H2,1-4H3. The Kier molecular flexibility index (Phi) is 8.48. The summed E-state index contributed by atoms with van der Waals surface area (Å²) in [5, 5.41) is 0. The van der Waals surface area contributed by atoms with Gasteiger partial charge < -0.3 is 14.2 Å². The molecule has 3 heterocycles. The Morgan fingerprint density at radius 3 is 2.44 bits per heavy atom. The molecule has 2 aromatic heterocycles. The molecule has 0 N–H and O–H groups in total. The number of aryl methyl sites for hydroxylation is 3. The number of aromatic nitrogens is 3. The van der Waals surface area contributed by atoms with Gasteiger partial charge in [-0.1, -0.05) is 43.3 Å². The second-order valence-electron chi connectivity index (χ2n) is 9.35. The van der Waals surface area contributed by atoms with Crippen LogP contribution in [0.4, 0.5) is 0 Å². The molecular formula is C28H39N5O. The average Bonchev–Trinajstić information content (AvgIpc) is 3.19. The average molecular weight is 462 g/mol. The van der Waals surface area contributed by atoms with Crippen molar-refractivity contribution in [2.45, 2.75) is 40.2 Å². The zero-order chi connectivity index (χ0) is 23.9. The van der Waals surface area contributed by atoms with Gasteiger partial charge in [-0.25, -0.2) is 9.97 Å². The highest BCUT2D eigenvalue weighted by atomic mass is 16.5. The summed E-state index contributed by atoms with van der Waals surface area (Å²) in [4.78, 5) is 14.8. The molecule has 0 bridgehead atoms. The van der Waals surface area contributed by atoms with Crippen LogP contribution in [0.25, 0.3) is 17.2 Å². The topological polar surface area (TPSA) is 46.4 Å². The van der Waals surface area contributed by atoms with Crippen LogP contribution in [-0.4, -0.2) is 77.3 Å². The molecule has 1 aromatic carbocycles. The van der Waals surface area contributed by atoms with E-state index in [4.69, 9.17) is 14.7 Å². The van der Waals surface area contributed by atoms with E-state index in [1.54, 1.807) is 7.11 Å². The Morgan fingerprint density at radius 1 is 1.00 bits per heavy atom. The summed E-state index contributed by atoms with van der Waals surface area (Å²) < 4.78 is 7.44. The fourth-order valence-corrected chi connectivity index (χ4v) is 4.77. The van der Waals surface area contributed by atoms with Crippen LogP contribution in [0.1, 0.15) is 41.6 Å². The quantitative estimate of drug-likeness (QED) is 0.421. The Morgan fingerprint density at radius 2 is 1.74 bits per heavy atom. The monoisotopic (exact) mass is 461 g/mol. The molecule has 6 heteroatoms. The molecule has 0 atom stereocenters. The van der Waals surface area contributed by atoms with E-state index in [9.17, 15) is 0 Å². The number of fused-ring (bicyclic) bond motifs is 1. The normalized spacial score (nSPS) is 15.6. The van der Waals surface area contributed by atoms with Gasteiger partial charge in [-0.3, -0.25) is 4.90 Å². The van der Waals surface area contributed by atoms with Crippen LogP contribution < -0.4 is 0 Å². The van der Waals surface area contributed by atoms with Gasteiger partial charge in [0.25, 0.3) is 0 Å². The summed E-state index contributed by atoms with van der Waals surface area (Å²) in [5.74, 6) is 1.10. The van der Waals surface area contributed by atoms with Crippen LogP contribution in [0, 0.1) is 13.8 Å². The SMILES string of the molecule is CCc1nc2c(C)cc(C)nc2n1Cc1ccc(C=CCN2CCN(CCCOC)CC2)cc1. The lowest BCUT2D eigenvalue weighted by atomic mass is 10.1. The van der Waals surface area contributed by atoms with E-state index in [0.29, 0.717) is 0 Å². The molecule has 34 heavy (non-hydrogen) atoms. The van der Waals surface area contributed by atoms with Crippen LogP contribution in [-0.2, 0) is 17.7 Å². The third kappa shape index (κ3) is 6.12. The number of hydrogen-bond donors (Lipinski definition) is 0. The Bertz CT molecular complexity index is 1090. The van der Waals surface area contributed by atoms with Gasteiger partial charge >= 0.3 is 0 Å². The van der Waals surface area contributed by atoms with Crippen molar-refractivity contribution in [3.63, 3.8) is 0 Å². The maximum atomic E-state index is 5.17. The van der Waals surface area contributed by atoms with Crippen molar-refractivity contribution in [3.05, 3.63) is 64.6 Å². The molecule has 1 aliphatic heterocycles. The van der Waals surface area contributed by atoms with E-state index in [-0.39, 0.29) is 0 Å². The first kappa shape index (κ1) is 24.6. The molecule has 0 spiro atoms. The highest BCUT2D eigenvalue weighted by Gasteiger charge is 2.15. The van der Waals surface area contributed by atoms with Gasteiger partial charge in [0.05, 0.1) is 6.54 Å². The summed E-state index contributed by atoms with van der Waals surface area (Å²) in [5.41, 5.74) is 6.79. The first-order valence-corrected chi connectivity index (χ1v) is 12.6. The minimum absolute atomic E-state index is 0.800. The van der Waals surface area contributed by atoms with Gasteiger partial charge in [0, 0.05) is 65.1 Å². The van der Waals surface area contributed by atoms with Gasteiger partial charge in [0.1, 0.15) is 11.3 Å². The third-order valence-electron chi connectivity index (χ3n) is 6.70. The predicted octanol–water partition coefficient (Wildman–Crippen LogP) is 4.33. The van der Waals surface area contributed by atoms with Crippen LogP contribution >= 0.6 is 0 Å². The van der Waals surface area contributed by atoms with Crippen molar-refractivity contribution in [2.75, 3.05) is 53.0 Å². The van der Waals surface area contributed by atoms with E-state index < -0.39 is 0 Å². The number of methoxy groups -OCH3 is 1. The smallest absolute Gasteiger partial charge is 0.160 e. The summed E-state index contributed by atoms with van der Waals surface area (Å²) in [6, 6.07) is 11.0. The zero-order valence-corrected chi connectivity index (χ0v) is 21.3. The maximum absolute atomic E-state index is 5.17. The number of nitrogens with zero attached hydrogens (tertiary/aromatic N) is 5. The molecule has 4 rings (SSSR count). The first-order chi connectivity index (χ1) is 16.6. The molecule has 6 nitrogen and oxygen atoms in total. The molecule has 1 aliphatic rings. The van der Waals surface area contributed by atoms with E-state index >= 15 is 0 Å². The number of rotatable bonds is 10. The lowest BCUT2D eigenvalue weighted by molar-refractivity contribution is 0.124. The van der Waals surface area contributed by atoms with Crippen LogP contribution in [0.15, 0.2) is 36.4 Å². The van der Waals surface area contributed by atoms with Crippen LogP contribution in [0.3, 0.4) is 0 Å². The molecule has 0 aliphatic carbocycles. The van der Waals surface area contributed by atoms with Crippen molar-refractivity contribution in [3.8, 4) is 0 Å². The third-order valence-corrected chi connectivity index (χ3v) is 6.70. The largest absolute Gasteiger partial charge is 0.385 e. The van der Waals surface area contributed by atoms with Crippen molar-refractivity contribution in [1.29, 1.82) is 0 Å². The van der Waals surface area contributed by atoms with Crippen molar-refractivity contribution >= 4 is 17.2 Å². The Balaban J connectivity index is 1.32. The number of imidazole rings is 1. The van der Waals surface area contributed by atoms with E-state index in [2.05, 4.69) is 77.6 Å². The minimum atomic E-state index is 0.800. The molecule has 1 saturated heterocycles. The van der Waals surface area contributed by atoms with Gasteiger partial charge in [0.15, 0.2) is 5.65 Å². The number of ether oxygens (including phenoxy) is 1. The number of pyridine rings is 1. The highest BCUT2D eigenvalue weighted by molar-refractivity contribution is 5.76. The second kappa shape index (κ2) is 11.7. The molecule has 1 fully saturated rings. The van der Waals surface area contributed by atoms with E-state index in [0.717, 1.165) is 87.9 Å². The van der Waals surface area contributed by atoms with Crippen molar-refractivity contribution in [1.82, 2.24) is 24.3 Å². The molecule has 0 saturated carbocycles. The fourth-order valence-electron chi connectivity index (χ4n) is 4.77. The molecule has 0 unspecified atom stereocenters. The predicted molar refractivity (Wildman–Crippen MR) is 140 cm³/mol. The molecule has 0 amide bonds. The maximum Gasteiger partial charge on any atom is 0.160 e. The van der Waals surface area contributed by atoms with Gasteiger partial charge in [-0.2, -0.15) is 0 Å².